The Balaban J connectivity index is 2.16. The van der Waals surface area contributed by atoms with E-state index in [0.717, 1.165) is 5.56 Å². The van der Waals surface area contributed by atoms with Gasteiger partial charge in [-0.3, -0.25) is 9.59 Å². The monoisotopic (exact) mass is 454 g/mol. The van der Waals surface area contributed by atoms with Crippen LogP contribution in [0.15, 0.2) is 24.3 Å². The van der Waals surface area contributed by atoms with Gasteiger partial charge in [-0.15, -0.1) is 0 Å². The van der Waals surface area contributed by atoms with Gasteiger partial charge in [0.15, 0.2) is 17.3 Å². The molecule has 0 saturated carbocycles. The molecule has 0 amide bonds. The molecular weight excluding hydrogens is 424 g/mol. The lowest BCUT2D eigenvalue weighted by Gasteiger charge is -2.24. The van der Waals surface area contributed by atoms with Gasteiger partial charge in [-0.1, -0.05) is 26.8 Å². The zero-order valence-corrected chi connectivity index (χ0v) is 19.7. The number of benzene rings is 2. The molecule has 1 N–H and O–H groups in total. The summed E-state index contributed by atoms with van der Waals surface area (Å²) in [5.41, 5.74) is 1.74. The largest absolute Gasteiger partial charge is 0.457 e. The van der Waals surface area contributed by atoms with Crippen LogP contribution in [0.4, 0.5) is 0 Å². The van der Waals surface area contributed by atoms with E-state index in [9.17, 15) is 19.5 Å². The zero-order valence-electron chi connectivity index (χ0n) is 19.7. The summed E-state index contributed by atoms with van der Waals surface area (Å²) in [6, 6.07) is 6.60. The number of Topliss-reactive ketones (excluding diaryl/α,β-unsaturated/α-hetero) is 1. The molecule has 1 aliphatic heterocycles. The number of ketones is 1. The van der Waals surface area contributed by atoms with Crippen molar-refractivity contribution in [1.29, 1.82) is 0 Å². The maximum atomic E-state index is 13.0. The van der Waals surface area contributed by atoms with Crippen molar-refractivity contribution in [2.75, 3.05) is 0 Å². The van der Waals surface area contributed by atoms with Gasteiger partial charge in [0.1, 0.15) is 17.9 Å². The number of cyclic esters (lactones) is 1. The molecule has 0 bridgehead atoms. The van der Waals surface area contributed by atoms with Gasteiger partial charge in [-0.05, 0) is 61.9 Å². The number of esters is 2. The number of carbonyl (C=O) groups is 3. The van der Waals surface area contributed by atoms with Crippen LogP contribution in [0, 0.1) is 12.8 Å². The number of hydrogen-bond acceptors (Lipinski definition) is 7. The van der Waals surface area contributed by atoms with Gasteiger partial charge in [-0.25, -0.2) is 4.79 Å². The van der Waals surface area contributed by atoms with E-state index >= 15 is 0 Å². The maximum Gasteiger partial charge on any atom is 0.343 e. The highest BCUT2D eigenvalue weighted by atomic mass is 16.6. The molecule has 2 aromatic rings. The Hall–Kier alpha value is -3.19. The summed E-state index contributed by atoms with van der Waals surface area (Å²) in [6.07, 6.45) is 0.388. The van der Waals surface area contributed by atoms with Crippen LogP contribution in [0.5, 0.6) is 17.2 Å². The predicted molar refractivity (Wildman–Crippen MR) is 122 cm³/mol. The van der Waals surface area contributed by atoms with Crippen molar-refractivity contribution in [2.45, 2.75) is 66.6 Å². The minimum atomic E-state index is -0.923. The smallest absolute Gasteiger partial charge is 0.343 e. The summed E-state index contributed by atoms with van der Waals surface area (Å²) in [4.78, 5) is 37.8. The second-order valence-electron chi connectivity index (χ2n) is 8.76. The Morgan fingerprint density at radius 3 is 2.58 bits per heavy atom. The van der Waals surface area contributed by atoms with Gasteiger partial charge >= 0.3 is 11.9 Å². The van der Waals surface area contributed by atoms with Crippen molar-refractivity contribution in [2.24, 2.45) is 5.92 Å². The quantitative estimate of drug-likeness (QED) is 0.338. The Bertz CT molecular complexity index is 1080. The van der Waals surface area contributed by atoms with Crippen molar-refractivity contribution in [3.8, 4) is 17.2 Å². The number of aryl methyl sites for hydroxylation is 1. The second kappa shape index (κ2) is 10.2. The van der Waals surface area contributed by atoms with Gasteiger partial charge in [0.25, 0.3) is 0 Å². The van der Waals surface area contributed by atoms with Gasteiger partial charge in [-0.2, -0.15) is 0 Å². The molecule has 1 unspecified atom stereocenters. The molecule has 0 saturated heterocycles. The summed E-state index contributed by atoms with van der Waals surface area (Å²) in [7, 11) is 0. The molecular formula is C26H30O7. The first-order valence-corrected chi connectivity index (χ1v) is 11.2. The highest BCUT2D eigenvalue weighted by molar-refractivity contribution is 6.08. The van der Waals surface area contributed by atoms with Gasteiger partial charge in [0.05, 0.1) is 6.10 Å². The molecule has 0 aliphatic carbocycles. The fourth-order valence-corrected chi connectivity index (χ4v) is 3.93. The van der Waals surface area contributed by atoms with Crippen LogP contribution in [0.3, 0.4) is 0 Å². The Labute approximate surface area is 193 Å². The van der Waals surface area contributed by atoms with Crippen molar-refractivity contribution in [3.05, 3.63) is 52.1 Å². The number of carbonyl (C=O) groups excluding carboxylic acids is 3. The zero-order chi connectivity index (χ0) is 24.3. The molecule has 2 aromatic carbocycles. The molecule has 7 nitrogen and oxygen atoms in total. The molecule has 1 heterocycles. The minimum Gasteiger partial charge on any atom is -0.457 e. The Morgan fingerprint density at radius 2 is 1.94 bits per heavy atom. The second-order valence-corrected chi connectivity index (χ2v) is 8.76. The average Bonchev–Trinajstić information content (AvgIpc) is 2.71. The van der Waals surface area contributed by atoms with Crippen molar-refractivity contribution < 1.29 is 33.7 Å². The molecule has 3 rings (SSSR count). The number of ether oxygens (including phenoxy) is 3. The number of hydrogen-bond donors (Lipinski definition) is 1. The topological polar surface area (TPSA) is 99.1 Å². The first-order valence-electron chi connectivity index (χ1n) is 11.2. The van der Waals surface area contributed by atoms with Crippen LogP contribution in [-0.4, -0.2) is 22.8 Å². The third-order valence-electron chi connectivity index (χ3n) is 5.33. The summed E-state index contributed by atoms with van der Waals surface area (Å²) in [6.45, 7) is 8.85. The minimum absolute atomic E-state index is 0.0418. The SMILES string of the molecule is CCCC(=O)Oc1cc(C)cc2c1Oc1ccc(C(O)CC(C)C)c(C(C)=O)c1C(=O)OC2. The third-order valence-corrected chi connectivity index (χ3v) is 5.33. The maximum absolute atomic E-state index is 13.0. The number of fused-ring (bicyclic) bond motifs is 2. The summed E-state index contributed by atoms with van der Waals surface area (Å²) in [5, 5.41) is 10.7. The molecule has 33 heavy (non-hydrogen) atoms. The van der Waals surface area contributed by atoms with Crippen molar-refractivity contribution in [1.82, 2.24) is 0 Å². The highest BCUT2D eigenvalue weighted by Crippen LogP contribution is 2.42. The summed E-state index contributed by atoms with van der Waals surface area (Å²) < 4.78 is 17.2. The molecule has 0 aromatic heterocycles. The summed E-state index contributed by atoms with van der Waals surface area (Å²) >= 11 is 0. The number of rotatable bonds is 7. The third kappa shape index (κ3) is 5.42. The van der Waals surface area contributed by atoms with E-state index in [1.165, 1.54) is 13.0 Å². The van der Waals surface area contributed by atoms with Gasteiger partial charge < -0.3 is 19.3 Å². The molecule has 7 heteroatoms. The van der Waals surface area contributed by atoms with Gasteiger partial charge in [0.2, 0.25) is 0 Å². The first kappa shape index (κ1) is 24.5. The van der Waals surface area contributed by atoms with E-state index < -0.39 is 18.0 Å². The van der Waals surface area contributed by atoms with E-state index in [2.05, 4.69) is 0 Å². The average molecular weight is 455 g/mol. The number of aliphatic hydroxyl groups is 1. The molecule has 1 aliphatic rings. The standard InChI is InChI=1S/C26H30O7/c1-6-7-22(29)32-21-12-15(4)11-17-13-31-26(30)24-20(33-25(17)21)9-8-18(23(24)16(5)27)19(28)10-14(2)3/h8-9,11-12,14,19,28H,6-7,10,13H2,1-5H3. The van der Waals surface area contributed by atoms with Crippen LogP contribution in [0.1, 0.15) is 90.5 Å². The molecule has 0 fully saturated rings. The van der Waals surface area contributed by atoms with Crippen LogP contribution in [0.25, 0.3) is 0 Å². The Morgan fingerprint density at radius 1 is 1.21 bits per heavy atom. The number of aliphatic hydroxyl groups excluding tert-OH is 1. The first-order chi connectivity index (χ1) is 15.6. The van der Waals surface area contributed by atoms with Gasteiger partial charge in [0, 0.05) is 17.5 Å². The fraction of sp³-hybridized carbons (Fsp3) is 0.423. The van der Waals surface area contributed by atoms with E-state index in [-0.39, 0.29) is 53.1 Å². The summed E-state index contributed by atoms with van der Waals surface area (Å²) in [5.74, 6) is -0.743. The molecule has 1 atom stereocenters. The van der Waals surface area contributed by atoms with Crippen molar-refractivity contribution >= 4 is 17.7 Å². The lowest BCUT2D eigenvalue weighted by Crippen LogP contribution is -2.19. The lowest BCUT2D eigenvalue weighted by molar-refractivity contribution is -0.134. The van der Waals surface area contributed by atoms with E-state index in [0.29, 0.717) is 24.0 Å². The fourth-order valence-electron chi connectivity index (χ4n) is 3.93. The van der Waals surface area contributed by atoms with E-state index in [4.69, 9.17) is 14.2 Å². The van der Waals surface area contributed by atoms with Crippen LogP contribution in [0.2, 0.25) is 0 Å². The van der Waals surface area contributed by atoms with E-state index in [1.54, 1.807) is 18.2 Å². The van der Waals surface area contributed by atoms with Crippen LogP contribution >= 0.6 is 0 Å². The predicted octanol–water partition coefficient (Wildman–Crippen LogP) is 5.45. The Kier molecular flexibility index (Phi) is 7.53. The molecule has 0 radical (unpaired) electrons. The van der Waals surface area contributed by atoms with Crippen LogP contribution < -0.4 is 9.47 Å². The molecule has 176 valence electrons. The normalized spacial score (nSPS) is 13.7. The van der Waals surface area contributed by atoms with Crippen LogP contribution in [-0.2, 0) is 16.1 Å². The highest BCUT2D eigenvalue weighted by Gasteiger charge is 2.31. The lowest BCUT2D eigenvalue weighted by atomic mass is 9.90. The van der Waals surface area contributed by atoms with Crippen molar-refractivity contribution in [3.63, 3.8) is 0 Å². The van der Waals surface area contributed by atoms with E-state index in [1.807, 2.05) is 27.7 Å². The molecule has 0 spiro atoms.